The summed E-state index contributed by atoms with van der Waals surface area (Å²) in [6.07, 6.45) is 0.935. The van der Waals surface area contributed by atoms with E-state index in [1.165, 1.54) is 11.6 Å². The van der Waals surface area contributed by atoms with Gasteiger partial charge in [0.15, 0.2) is 0 Å². The highest BCUT2D eigenvalue weighted by molar-refractivity contribution is 9.10. The number of fused-ring (bicyclic) bond motifs is 1. The van der Waals surface area contributed by atoms with Crippen LogP contribution in [0.2, 0.25) is 0 Å². The molecule has 0 unspecified atom stereocenters. The van der Waals surface area contributed by atoms with E-state index >= 15 is 0 Å². The van der Waals surface area contributed by atoms with E-state index in [0.29, 0.717) is 4.47 Å². The van der Waals surface area contributed by atoms with Crippen LogP contribution in [0.5, 0.6) is 0 Å². The van der Waals surface area contributed by atoms with E-state index in [1.807, 2.05) is 6.07 Å². The van der Waals surface area contributed by atoms with Crippen LogP contribution in [-0.2, 0) is 13.0 Å². The molecule has 1 aliphatic rings. The molecule has 0 amide bonds. The Hall–Kier alpha value is -0.410. The number of rotatable bonds is 0. The highest BCUT2D eigenvalue weighted by atomic mass is 79.9. The zero-order valence-corrected chi connectivity index (χ0v) is 9.07. The molecular formula is C10H11BrFN. The van der Waals surface area contributed by atoms with E-state index in [9.17, 15) is 4.39 Å². The molecule has 0 aromatic heterocycles. The van der Waals surface area contributed by atoms with Gasteiger partial charge in [0.1, 0.15) is 5.82 Å². The number of hydrogen-bond acceptors (Lipinski definition) is 1. The smallest absolute Gasteiger partial charge is 0.137 e. The van der Waals surface area contributed by atoms with Crippen molar-refractivity contribution in [2.45, 2.75) is 13.0 Å². The summed E-state index contributed by atoms with van der Waals surface area (Å²) in [5, 5.41) is 0. The van der Waals surface area contributed by atoms with Crippen molar-refractivity contribution in [1.82, 2.24) is 4.90 Å². The van der Waals surface area contributed by atoms with Crippen molar-refractivity contribution in [2.75, 3.05) is 13.6 Å². The Kier molecular flexibility index (Phi) is 2.39. The lowest BCUT2D eigenvalue weighted by Gasteiger charge is -2.25. The summed E-state index contributed by atoms with van der Waals surface area (Å²) in [5.41, 5.74) is 2.38. The SMILES string of the molecule is CN1CCc2c(ccc(F)c2Br)C1. The molecule has 0 spiro atoms. The van der Waals surface area contributed by atoms with Crippen molar-refractivity contribution in [2.24, 2.45) is 0 Å². The first-order valence-electron chi connectivity index (χ1n) is 4.33. The zero-order valence-electron chi connectivity index (χ0n) is 7.48. The lowest BCUT2D eigenvalue weighted by molar-refractivity contribution is 0.311. The highest BCUT2D eigenvalue weighted by Crippen LogP contribution is 2.28. The lowest BCUT2D eigenvalue weighted by atomic mass is 10.0. The van der Waals surface area contributed by atoms with Gasteiger partial charge in [0.2, 0.25) is 0 Å². The minimum absolute atomic E-state index is 0.150. The van der Waals surface area contributed by atoms with Gasteiger partial charge in [0.25, 0.3) is 0 Å². The van der Waals surface area contributed by atoms with Gasteiger partial charge in [-0.05, 0) is 46.6 Å². The molecule has 1 nitrogen and oxygen atoms in total. The molecule has 3 heteroatoms. The molecule has 1 aromatic carbocycles. The molecule has 1 aromatic rings. The minimum Gasteiger partial charge on any atom is -0.302 e. The average molecular weight is 244 g/mol. The van der Waals surface area contributed by atoms with Crippen LogP contribution in [0, 0.1) is 5.82 Å². The first kappa shape index (κ1) is 9.16. The van der Waals surface area contributed by atoms with Crippen molar-refractivity contribution in [1.29, 1.82) is 0 Å². The summed E-state index contributed by atoms with van der Waals surface area (Å²) < 4.78 is 13.8. The van der Waals surface area contributed by atoms with Gasteiger partial charge in [-0.1, -0.05) is 6.07 Å². The minimum atomic E-state index is -0.150. The fourth-order valence-electron chi connectivity index (χ4n) is 1.72. The lowest BCUT2D eigenvalue weighted by Crippen LogP contribution is -2.26. The molecule has 1 aliphatic heterocycles. The largest absolute Gasteiger partial charge is 0.302 e. The van der Waals surface area contributed by atoms with Gasteiger partial charge >= 0.3 is 0 Å². The molecule has 0 bridgehead atoms. The third-order valence-corrected chi connectivity index (χ3v) is 3.33. The van der Waals surface area contributed by atoms with Crippen molar-refractivity contribution in [3.05, 3.63) is 33.5 Å². The topological polar surface area (TPSA) is 3.24 Å². The van der Waals surface area contributed by atoms with Crippen molar-refractivity contribution in [3.8, 4) is 0 Å². The normalized spacial score (nSPS) is 17.2. The average Bonchev–Trinajstić information content (AvgIpc) is 2.12. The fourth-order valence-corrected chi connectivity index (χ4v) is 2.31. The summed E-state index contributed by atoms with van der Waals surface area (Å²) in [4.78, 5) is 2.24. The molecular weight excluding hydrogens is 233 g/mol. The molecule has 0 fully saturated rings. The number of benzene rings is 1. The highest BCUT2D eigenvalue weighted by Gasteiger charge is 2.17. The molecule has 0 aliphatic carbocycles. The molecule has 0 radical (unpaired) electrons. The van der Waals surface area contributed by atoms with Crippen LogP contribution in [0.25, 0.3) is 0 Å². The Bertz CT molecular complexity index is 338. The Balaban J connectivity index is 2.47. The fraction of sp³-hybridized carbons (Fsp3) is 0.400. The summed E-state index contributed by atoms with van der Waals surface area (Å²) in [6.45, 7) is 1.93. The molecule has 13 heavy (non-hydrogen) atoms. The third-order valence-electron chi connectivity index (χ3n) is 2.48. The maximum absolute atomic E-state index is 13.1. The number of nitrogens with zero attached hydrogens (tertiary/aromatic N) is 1. The summed E-state index contributed by atoms with van der Waals surface area (Å²) in [6, 6.07) is 3.41. The number of halogens is 2. The van der Waals surface area contributed by atoms with Crippen LogP contribution in [0.15, 0.2) is 16.6 Å². The van der Waals surface area contributed by atoms with Gasteiger partial charge in [-0.2, -0.15) is 0 Å². The maximum Gasteiger partial charge on any atom is 0.137 e. The molecule has 0 atom stereocenters. The van der Waals surface area contributed by atoms with Crippen LogP contribution < -0.4 is 0 Å². The zero-order chi connectivity index (χ0) is 9.42. The Morgan fingerprint density at radius 2 is 2.23 bits per heavy atom. The quantitative estimate of drug-likeness (QED) is 0.678. The Morgan fingerprint density at radius 1 is 1.46 bits per heavy atom. The van der Waals surface area contributed by atoms with Gasteiger partial charge in [-0.15, -0.1) is 0 Å². The van der Waals surface area contributed by atoms with Gasteiger partial charge in [0.05, 0.1) is 4.47 Å². The van der Waals surface area contributed by atoms with E-state index in [1.54, 1.807) is 0 Å². The molecule has 0 N–H and O–H groups in total. The van der Waals surface area contributed by atoms with E-state index in [0.717, 1.165) is 25.1 Å². The predicted molar refractivity (Wildman–Crippen MR) is 54.1 cm³/mol. The monoisotopic (exact) mass is 243 g/mol. The van der Waals surface area contributed by atoms with E-state index in [-0.39, 0.29) is 5.82 Å². The first-order valence-corrected chi connectivity index (χ1v) is 5.12. The summed E-state index contributed by atoms with van der Waals surface area (Å²) in [7, 11) is 2.08. The third kappa shape index (κ3) is 1.63. The summed E-state index contributed by atoms with van der Waals surface area (Å²) >= 11 is 3.29. The Labute approximate surface area is 85.7 Å². The van der Waals surface area contributed by atoms with Crippen LogP contribution in [-0.4, -0.2) is 18.5 Å². The second kappa shape index (κ2) is 3.39. The van der Waals surface area contributed by atoms with E-state index < -0.39 is 0 Å². The van der Waals surface area contributed by atoms with Gasteiger partial charge in [-0.25, -0.2) is 4.39 Å². The molecule has 1 heterocycles. The number of likely N-dealkylation sites (N-methyl/N-ethyl adjacent to an activating group) is 1. The van der Waals surface area contributed by atoms with E-state index in [2.05, 4.69) is 27.9 Å². The molecule has 70 valence electrons. The van der Waals surface area contributed by atoms with Gasteiger partial charge in [-0.3, -0.25) is 0 Å². The molecule has 2 rings (SSSR count). The Morgan fingerprint density at radius 3 is 3.00 bits per heavy atom. The maximum atomic E-state index is 13.1. The van der Waals surface area contributed by atoms with Gasteiger partial charge < -0.3 is 4.90 Å². The van der Waals surface area contributed by atoms with Crippen LogP contribution in [0.1, 0.15) is 11.1 Å². The van der Waals surface area contributed by atoms with Crippen LogP contribution in [0.4, 0.5) is 4.39 Å². The molecule has 0 saturated carbocycles. The van der Waals surface area contributed by atoms with Gasteiger partial charge in [0, 0.05) is 13.1 Å². The second-order valence-electron chi connectivity index (χ2n) is 3.49. The molecule has 0 saturated heterocycles. The van der Waals surface area contributed by atoms with E-state index in [4.69, 9.17) is 0 Å². The first-order chi connectivity index (χ1) is 6.18. The predicted octanol–water partition coefficient (Wildman–Crippen LogP) is 2.58. The summed E-state index contributed by atoms with van der Waals surface area (Å²) in [5.74, 6) is -0.150. The van der Waals surface area contributed by atoms with Crippen LogP contribution >= 0.6 is 15.9 Å². The van der Waals surface area contributed by atoms with Crippen molar-refractivity contribution in [3.63, 3.8) is 0 Å². The van der Waals surface area contributed by atoms with Crippen LogP contribution in [0.3, 0.4) is 0 Å². The standard InChI is InChI=1S/C10H11BrFN/c1-13-5-4-8-7(6-13)2-3-9(12)10(8)11/h2-3H,4-6H2,1H3. The van der Waals surface area contributed by atoms with Crippen molar-refractivity contribution < 1.29 is 4.39 Å². The number of hydrogen-bond donors (Lipinski definition) is 0. The van der Waals surface area contributed by atoms with Crippen molar-refractivity contribution >= 4 is 15.9 Å². The second-order valence-corrected chi connectivity index (χ2v) is 4.28.